The smallest absolute Gasteiger partial charge is 0.303 e. The van der Waals surface area contributed by atoms with E-state index in [9.17, 15) is 9.59 Å². The third-order valence-electron chi connectivity index (χ3n) is 3.01. The Labute approximate surface area is 103 Å². The van der Waals surface area contributed by atoms with Gasteiger partial charge in [0.15, 0.2) is 0 Å². The molecule has 0 aromatic carbocycles. The molecule has 0 saturated heterocycles. The number of carbonyl (C=O) groups is 2. The van der Waals surface area contributed by atoms with Crippen molar-refractivity contribution >= 4 is 11.9 Å². The number of hydrogen-bond donors (Lipinski definition) is 2. The lowest BCUT2D eigenvalue weighted by atomic mass is 10.0. The molecule has 0 aromatic rings. The van der Waals surface area contributed by atoms with Crippen LogP contribution in [0.1, 0.15) is 46.5 Å². The average Bonchev–Trinajstić information content (AvgIpc) is 2.27. The highest BCUT2D eigenvalue weighted by molar-refractivity contribution is 5.84. The van der Waals surface area contributed by atoms with Gasteiger partial charge in [-0.3, -0.25) is 9.59 Å². The van der Waals surface area contributed by atoms with Gasteiger partial charge in [-0.15, -0.1) is 0 Å². The van der Waals surface area contributed by atoms with Crippen molar-refractivity contribution in [2.24, 2.45) is 0 Å². The van der Waals surface area contributed by atoms with Crippen molar-refractivity contribution in [3.63, 3.8) is 0 Å². The van der Waals surface area contributed by atoms with Crippen LogP contribution in [0.15, 0.2) is 0 Å². The SMILES string of the molecule is CCC(C)(OC)C(=O)NC(C)CCCC(=O)O. The van der Waals surface area contributed by atoms with Gasteiger partial charge in [-0.05, 0) is 33.1 Å². The number of carboxylic acid groups (broad SMARTS) is 1. The van der Waals surface area contributed by atoms with Crippen LogP contribution in [-0.2, 0) is 14.3 Å². The Morgan fingerprint density at radius 3 is 2.47 bits per heavy atom. The van der Waals surface area contributed by atoms with Gasteiger partial charge in [-0.1, -0.05) is 6.92 Å². The summed E-state index contributed by atoms with van der Waals surface area (Å²) in [7, 11) is 1.51. The number of carboxylic acids is 1. The summed E-state index contributed by atoms with van der Waals surface area (Å²) >= 11 is 0. The van der Waals surface area contributed by atoms with Gasteiger partial charge in [0.25, 0.3) is 5.91 Å². The third-order valence-corrected chi connectivity index (χ3v) is 3.01. The van der Waals surface area contributed by atoms with Gasteiger partial charge in [0.2, 0.25) is 0 Å². The van der Waals surface area contributed by atoms with Crippen LogP contribution in [0.2, 0.25) is 0 Å². The van der Waals surface area contributed by atoms with Crippen LogP contribution in [0.3, 0.4) is 0 Å². The third kappa shape index (κ3) is 5.68. The molecule has 5 nitrogen and oxygen atoms in total. The molecule has 0 saturated carbocycles. The lowest BCUT2D eigenvalue weighted by molar-refractivity contribution is -0.142. The van der Waals surface area contributed by atoms with E-state index in [1.807, 2.05) is 13.8 Å². The number of nitrogens with one attached hydrogen (secondary N) is 1. The van der Waals surface area contributed by atoms with E-state index < -0.39 is 11.6 Å². The zero-order valence-electron chi connectivity index (χ0n) is 11.1. The molecule has 0 aliphatic carbocycles. The lowest BCUT2D eigenvalue weighted by Crippen LogP contribution is -2.48. The molecule has 0 radical (unpaired) electrons. The van der Waals surface area contributed by atoms with Crippen LogP contribution < -0.4 is 5.32 Å². The van der Waals surface area contributed by atoms with Gasteiger partial charge in [0.05, 0.1) is 0 Å². The van der Waals surface area contributed by atoms with Crippen molar-refractivity contribution < 1.29 is 19.4 Å². The summed E-state index contributed by atoms with van der Waals surface area (Å²) in [5, 5.41) is 11.3. The van der Waals surface area contributed by atoms with E-state index in [0.717, 1.165) is 0 Å². The summed E-state index contributed by atoms with van der Waals surface area (Å²) in [6.45, 7) is 5.50. The summed E-state index contributed by atoms with van der Waals surface area (Å²) < 4.78 is 5.19. The number of aliphatic carboxylic acids is 1. The first-order valence-electron chi connectivity index (χ1n) is 5.93. The van der Waals surface area contributed by atoms with Gasteiger partial charge in [0, 0.05) is 19.6 Å². The largest absolute Gasteiger partial charge is 0.481 e. The Balaban J connectivity index is 4.07. The number of hydrogen-bond acceptors (Lipinski definition) is 3. The first kappa shape index (κ1) is 15.9. The predicted octanol–water partition coefficient (Wildman–Crippen LogP) is 1.56. The maximum absolute atomic E-state index is 11.9. The zero-order chi connectivity index (χ0) is 13.5. The van der Waals surface area contributed by atoms with E-state index in [-0.39, 0.29) is 18.4 Å². The Hall–Kier alpha value is -1.10. The maximum atomic E-state index is 11.9. The van der Waals surface area contributed by atoms with Crippen molar-refractivity contribution in [1.29, 1.82) is 0 Å². The van der Waals surface area contributed by atoms with Crippen molar-refractivity contribution in [3.8, 4) is 0 Å². The molecule has 0 bridgehead atoms. The predicted molar refractivity (Wildman–Crippen MR) is 64.8 cm³/mol. The molecule has 0 heterocycles. The zero-order valence-corrected chi connectivity index (χ0v) is 11.1. The van der Waals surface area contributed by atoms with Crippen molar-refractivity contribution in [3.05, 3.63) is 0 Å². The first-order chi connectivity index (χ1) is 7.85. The minimum absolute atomic E-state index is 0.0390. The van der Waals surface area contributed by atoms with Gasteiger partial charge in [0.1, 0.15) is 5.60 Å². The van der Waals surface area contributed by atoms with Gasteiger partial charge in [-0.2, -0.15) is 0 Å². The molecule has 0 aliphatic heterocycles. The molecule has 2 N–H and O–H groups in total. The Kier molecular flexibility index (Phi) is 6.80. The van der Waals surface area contributed by atoms with Crippen LogP contribution in [0.25, 0.3) is 0 Å². The fourth-order valence-corrected chi connectivity index (χ4v) is 1.41. The fourth-order valence-electron chi connectivity index (χ4n) is 1.41. The molecule has 100 valence electrons. The molecule has 2 unspecified atom stereocenters. The van der Waals surface area contributed by atoms with Crippen LogP contribution in [0.4, 0.5) is 0 Å². The van der Waals surface area contributed by atoms with E-state index in [1.54, 1.807) is 6.92 Å². The van der Waals surface area contributed by atoms with Gasteiger partial charge < -0.3 is 15.2 Å². The molecular formula is C12H23NO4. The summed E-state index contributed by atoms with van der Waals surface area (Å²) in [5.41, 5.74) is -0.805. The number of rotatable bonds is 8. The Morgan fingerprint density at radius 1 is 1.47 bits per heavy atom. The normalized spacial score (nSPS) is 16.0. The highest BCUT2D eigenvalue weighted by atomic mass is 16.5. The molecule has 0 aliphatic rings. The van der Waals surface area contributed by atoms with E-state index in [1.165, 1.54) is 7.11 Å². The fraction of sp³-hybridized carbons (Fsp3) is 0.833. The lowest BCUT2D eigenvalue weighted by Gasteiger charge is -2.27. The monoisotopic (exact) mass is 245 g/mol. The second kappa shape index (κ2) is 7.27. The summed E-state index contributed by atoms with van der Waals surface area (Å²) in [4.78, 5) is 22.2. The van der Waals surface area contributed by atoms with Crippen LogP contribution in [0, 0.1) is 0 Å². The molecule has 0 spiro atoms. The standard InChI is InChI=1S/C12H23NO4/c1-5-12(3,17-4)11(16)13-9(2)7-6-8-10(14)15/h9H,5-8H2,1-4H3,(H,13,16)(H,14,15). The van der Waals surface area contributed by atoms with Crippen molar-refractivity contribution in [2.45, 2.75) is 58.1 Å². The molecule has 5 heteroatoms. The second-order valence-corrected chi connectivity index (χ2v) is 4.45. The maximum Gasteiger partial charge on any atom is 0.303 e. The number of methoxy groups -OCH3 is 1. The van der Waals surface area contributed by atoms with Crippen molar-refractivity contribution in [1.82, 2.24) is 5.32 Å². The Morgan fingerprint density at radius 2 is 2.06 bits per heavy atom. The topological polar surface area (TPSA) is 75.6 Å². The van der Waals surface area contributed by atoms with E-state index in [0.29, 0.717) is 19.3 Å². The minimum atomic E-state index is -0.807. The second-order valence-electron chi connectivity index (χ2n) is 4.45. The van der Waals surface area contributed by atoms with Crippen LogP contribution in [-0.4, -0.2) is 35.7 Å². The van der Waals surface area contributed by atoms with E-state index in [4.69, 9.17) is 9.84 Å². The first-order valence-corrected chi connectivity index (χ1v) is 5.93. The molecule has 0 rings (SSSR count). The minimum Gasteiger partial charge on any atom is -0.481 e. The van der Waals surface area contributed by atoms with Crippen LogP contribution in [0.5, 0.6) is 0 Å². The molecule has 2 atom stereocenters. The Bertz CT molecular complexity index is 261. The summed E-state index contributed by atoms with van der Waals surface area (Å²) in [6, 6.07) is -0.0390. The summed E-state index contributed by atoms with van der Waals surface area (Å²) in [6.07, 6.45) is 1.95. The van der Waals surface area contributed by atoms with Crippen LogP contribution >= 0.6 is 0 Å². The number of carbonyl (C=O) groups excluding carboxylic acids is 1. The highest BCUT2D eigenvalue weighted by Gasteiger charge is 2.31. The van der Waals surface area contributed by atoms with E-state index >= 15 is 0 Å². The molecule has 0 aromatic heterocycles. The summed E-state index contributed by atoms with van der Waals surface area (Å²) in [5.74, 6) is -0.955. The molecule has 1 amide bonds. The van der Waals surface area contributed by atoms with E-state index in [2.05, 4.69) is 5.32 Å². The molecule has 0 fully saturated rings. The molecular weight excluding hydrogens is 222 g/mol. The molecule has 17 heavy (non-hydrogen) atoms. The highest BCUT2D eigenvalue weighted by Crippen LogP contribution is 2.14. The average molecular weight is 245 g/mol. The van der Waals surface area contributed by atoms with Gasteiger partial charge in [-0.25, -0.2) is 0 Å². The van der Waals surface area contributed by atoms with Gasteiger partial charge >= 0.3 is 5.97 Å². The quantitative estimate of drug-likeness (QED) is 0.680. The number of ether oxygens (including phenoxy) is 1. The van der Waals surface area contributed by atoms with Crippen molar-refractivity contribution in [2.75, 3.05) is 7.11 Å². The number of amides is 1.